The van der Waals surface area contributed by atoms with Gasteiger partial charge in [-0.1, -0.05) is 29.8 Å². The zero-order valence-electron chi connectivity index (χ0n) is 18.7. The molecule has 170 valence electrons. The number of nitrogens with one attached hydrogen (secondary N) is 2. The first-order valence-electron chi connectivity index (χ1n) is 11.9. The Bertz CT molecular complexity index is 1110. The van der Waals surface area contributed by atoms with Gasteiger partial charge < -0.3 is 10.6 Å². The fourth-order valence-corrected chi connectivity index (χ4v) is 5.00. The Kier molecular flexibility index (Phi) is 6.58. The van der Waals surface area contributed by atoms with Gasteiger partial charge in [-0.2, -0.15) is 0 Å². The zero-order valence-corrected chi connectivity index (χ0v) is 19.4. The van der Waals surface area contributed by atoms with Crippen molar-refractivity contribution in [2.45, 2.75) is 63.5 Å². The number of nitrogens with zero attached hydrogens (tertiary/aromatic N) is 2. The predicted molar refractivity (Wildman–Crippen MR) is 133 cm³/mol. The highest BCUT2D eigenvalue weighted by Gasteiger charge is 2.25. The lowest BCUT2D eigenvalue weighted by molar-refractivity contribution is 0.0926. The van der Waals surface area contributed by atoms with Crippen LogP contribution in [0.15, 0.2) is 54.6 Å². The molecule has 0 bridgehead atoms. The van der Waals surface area contributed by atoms with Crippen LogP contribution in [0.2, 0.25) is 5.02 Å². The van der Waals surface area contributed by atoms with Crippen molar-refractivity contribution in [3.8, 4) is 11.4 Å². The van der Waals surface area contributed by atoms with Gasteiger partial charge in [-0.15, -0.1) is 0 Å². The van der Waals surface area contributed by atoms with Crippen molar-refractivity contribution in [2.75, 3.05) is 5.32 Å². The summed E-state index contributed by atoms with van der Waals surface area (Å²) in [7, 11) is 0. The summed E-state index contributed by atoms with van der Waals surface area (Å²) in [5.41, 5.74) is 4.16. The summed E-state index contributed by atoms with van der Waals surface area (Å²) in [4.78, 5) is 22.3. The van der Waals surface area contributed by atoms with Crippen molar-refractivity contribution in [2.24, 2.45) is 0 Å². The minimum absolute atomic E-state index is 0.0180. The molecule has 1 amide bonds. The Morgan fingerprint density at radius 2 is 1.55 bits per heavy atom. The van der Waals surface area contributed by atoms with Crippen LogP contribution in [-0.4, -0.2) is 28.0 Å². The average molecular weight is 461 g/mol. The molecule has 0 radical (unpaired) electrons. The molecule has 1 saturated carbocycles. The largest absolute Gasteiger partial charge is 0.367 e. The van der Waals surface area contributed by atoms with Crippen LogP contribution >= 0.6 is 11.6 Å². The van der Waals surface area contributed by atoms with Crippen LogP contribution in [0.5, 0.6) is 0 Å². The quantitative estimate of drug-likeness (QED) is 0.502. The average Bonchev–Trinajstić information content (AvgIpc) is 2.86. The Balaban J connectivity index is 1.27. The van der Waals surface area contributed by atoms with Crippen LogP contribution in [0.3, 0.4) is 0 Å². The monoisotopic (exact) mass is 460 g/mol. The molecule has 33 heavy (non-hydrogen) atoms. The van der Waals surface area contributed by atoms with E-state index in [9.17, 15) is 4.79 Å². The number of amides is 1. The number of anilines is 1. The van der Waals surface area contributed by atoms with Crippen molar-refractivity contribution in [1.29, 1.82) is 0 Å². The fraction of sp³-hybridized carbons (Fsp3) is 0.370. The molecule has 0 spiro atoms. The number of fused-ring (bicyclic) bond motifs is 1. The van der Waals surface area contributed by atoms with Crippen molar-refractivity contribution in [3.63, 3.8) is 0 Å². The molecule has 6 heteroatoms. The van der Waals surface area contributed by atoms with Crippen molar-refractivity contribution in [3.05, 3.63) is 76.4 Å². The first-order valence-corrected chi connectivity index (χ1v) is 12.3. The summed E-state index contributed by atoms with van der Waals surface area (Å²) in [6.45, 7) is 0. The number of carbonyl (C=O) groups excluding carboxylic acids is 1. The molecule has 0 aliphatic heterocycles. The van der Waals surface area contributed by atoms with Gasteiger partial charge in [0.1, 0.15) is 5.82 Å². The number of hydrogen-bond donors (Lipinski definition) is 2. The van der Waals surface area contributed by atoms with Gasteiger partial charge >= 0.3 is 0 Å². The fourth-order valence-electron chi connectivity index (χ4n) is 4.88. The van der Waals surface area contributed by atoms with Crippen LogP contribution in [0.25, 0.3) is 11.4 Å². The molecule has 0 atom stereocenters. The molecular formula is C27H29ClN4O. The van der Waals surface area contributed by atoms with Crippen LogP contribution in [0, 0.1) is 0 Å². The molecule has 5 rings (SSSR count). The third-order valence-electron chi connectivity index (χ3n) is 6.72. The second kappa shape index (κ2) is 9.92. The molecule has 2 aliphatic carbocycles. The standard InChI is InChI=1S/C27H29ClN4O/c28-20-12-10-18(11-13-20)25-31-24-9-5-4-8-23(24)26(32-25)29-21-14-16-22(17-15-21)30-27(33)19-6-2-1-3-7-19/h1-3,6-7,10-13,21-22H,4-5,8-9,14-17H2,(H,30,33)(H,29,31,32)/t21-,22-. The highest BCUT2D eigenvalue weighted by atomic mass is 35.5. The summed E-state index contributed by atoms with van der Waals surface area (Å²) in [6.07, 6.45) is 8.34. The van der Waals surface area contributed by atoms with Gasteiger partial charge in [0, 0.05) is 39.5 Å². The molecule has 2 aliphatic rings. The number of halogens is 1. The van der Waals surface area contributed by atoms with Crippen molar-refractivity contribution >= 4 is 23.3 Å². The third-order valence-corrected chi connectivity index (χ3v) is 6.98. The maximum Gasteiger partial charge on any atom is 0.251 e. The number of rotatable bonds is 5. The Labute approximate surface area is 200 Å². The zero-order chi connectivity index (χ0) is 22.6. The molecule has 1 heterocycles. The second-order valence-electron chi connectivity index (χ2n) is 9.07. The van der Waals surface area contributed by atoms with Crippen molar-refractivity contribution in [1.82, 2.24) is 15.3 Å². The predicted octanol–water partition coefficient (Wildman–Crippen LogP) is 5.83. The molecule has 3 aromatic rings. The molecule has 5 nitrogen and oxygen atoms in total. The minimum Gasteiger partial charge on any atom is -0.367 e. The first kappa shape index (κ1) is 21.9. The molecule has 0 saturated heterocycles. The summed E-state index contributed by atoms with van der Waals surface area (Å²) in [5.74, 6) is 1.77. The SMILES string of the molecule is O=C(N[C@H]1CC[C@H](Nc2nc(-c3ccc(Cl)cc3)nc3c2CCCC3)CC1)c1ccccc1. The second-order valence-corrected chi connectivity index (χ2v) is 9.50. The lowest BCUT2D eigenvalue weighted by atomic mass is 9.90. The van der Waals surface area contributed by atoms with E-state index in [4.69, 9.17) is 21.6 Å². The van der Waals surface area contributed by atoms with E-state index in [1.165, 1.54) is 24.1 Å². The van der Waals surface area contributed by atoms with E-state index in [1.54, 1.807) is 0 Å². The molecule has 2 N–H and O–H groups in total. The van der Waals surface area contributed by atoms with Crippen LogP contribution in [-0.2, 0) is 12.8 Å². The molecular weight excluding hydrogens is 432 g/mol. The minimum atomic E-state index is 0.0180. The van der Waals surface area contributed by atoms with E-state index in [-0.39, 0.29) is 11.9 Å². The summed E-state index contributed by atoms with van der Waals surface area (Å²) in [5, 5.41) is 7.66. The Morgan fingerprint density at radius 1 is 0.848 bits per heavy atom. The number of benzene rings is 2. The van der Waals surface area contributed by atoms with Crippen LogP contribution < -0.4 is 10.6 Å². The van der Waals surface area contributed by atoms with E-state index in [0.717, 1.165) is 61.3 Å². The van der Waals surface area contributed by atoms with Gasteiger partial charge in [-0.05, 0) is 87.8 Å². The summed E-state index contributed by atoms with van der Waals surface area (Å²) in [6, 6.07) is 17.8. The normalized spacial score (nSPS) is 20.0. The number of aromatic nitrogens is 2. The number of carbonyl (C=O) groups is 1. The number of hydrogen-bond acceptors (Lipinski definition) is 4. The first-order chi connectivity index (χ1) is 16.2. The highest BCUT2D eigenvalue weighted by molar-refractivity contribution is 6.30. The van der Waals surface area contributed by atoms with E-state index < -0.39 is 0 Å². The molecule has 1 fully saturated rings. The molecule has 0 unspecified atom stereocenters. The van der Waals surface area contributed by atoms with E-state index in [2.05, 4.69) is 10.6 Å². The van der Waals surface area contributed by atoms with Gasteiger partial charge in [0.25, 0.3) is 5.91 Å². The van der Waals surface area contributed by atoms with Gasteiger partial charge in [0.15, 0.2) is 5.82 Å². The summed E-state index contributed by atoms with van der Waals surface area (Å²) < 4.78 is 0. The van der Waals surface area contributed by atoms with Gasteiger partial charge in [-0.25, -0.2) is 9.97 Å². The van der Waals surface area contributed by atoms with Gasteiger partial charge in [-0.3, -0.25) is 4.79 Å². The van der Waals surface area contributed by atoms with E-state index in [1.807, 2.05) is 54.6 Å². The molecule has 2 aromatic carbocycles. The van der Waals surface area contributed by atoms with E-state index in [0.29, 0.717) is 11.1 Å². The van der Waals surface area contributed by atoms with E-state index >= 15 is 0 Å². The van der Waals surface area contributed by atoms with Crippen molar-refractivity contribution < 1.29 is 4.79 Å². The van der Waals surface area contributed by atoms with Gasteiger partial charge in [0.2, 0.25) is 0 Å². The smallest absolute Gasteiger partial charge is 0.251 e. The van der Waals surface area contributed by atoms with Crippen LogP contribution in [0.4, 0.5) is 5.82 Å². The number of aryl methyl sites for hydroxylation is 1. The van der Waals surface area contributed by atoms with Crippen LogP contribution in [0.1, 0.15) is 60.1 Å². The Hall–Kier alpha value is -2.92. The lowest BCUT2D eigenvalue weighted by Crippen LogP contribution is -2.40. The lowest BCUT2D eigenvalue weighted by Gasteiger charge is -2.31. The maximum atomic E-state index is 12.5. The Morgan fingerprint density at radius 3 is 2.30 bits per heavy atom. The van der Waals surface area contributed by atoms with Gasteiger partial charge in [0.05, 0.1) is 0 Å². The third kappa shape index (κ3) is 5.19. The maximum absolute atomic E-state index is 12.5. The topological polar surface area (TPSA) is 66.9 Å². The highest BCUT2D eigenvalue weighted by Crippen LogP contribution is 2.31. The molecule has 1 aromatic heterocycles. The summed E-state index contributed by atoms with van der Waals surface area (Å²) >= 11 is 6.07.